The van der Waals surface area contributed by atoms with Crippen LogP contribution in [0.15, 0.2) is 30.3 Å². The third-order valence-corrected chi connectivity index (χ3v) is 3.90. The van der Waals surface area contributed by atoms with Gasteiger partial charge in [-0.25, -0.2) is 0 Å². The topological polar surface area (TPSA) is 93.5 Å². The van der Waals surface area contributed by atoms with E-state index in [2.05, 4.69) is 14.9 Å². The minimum atomic E-state index is -4.75. The van der Waals surface area contributed by atoms with Crippen LogP contribution in [0.1, 0.15) is 23.3 Å². The summed E-state index contributed by atoms with van der Waals surface area (Å²) >= 11 is 0. The first kappa shape index (κ1) is 17.9. The average molecular weight is 370 g/mol. The summed E-state index contributed by atoms with van der Waals surface area (Å²) in [6.07, 6.45) is -3.84. The van der Waals surface area contributed by atoms with E-state index in [1.165, 1.54) is 24.3 Å². The third-order valence-electron chi connectivity index (χ3n) is 3.90. The number of ether oxygens (including phenoxy) is 2. The Kier molecular flexibility index (Phi) is 4.92. The molecule has 0 saturated carbocycles. The Balaban J connectivity index is 1.54. The molecule has 3 rings (SSSR count). The van der Waals surface area contributed by atoms with E-state index in [0.717, 1.165) is 0 Å². The maximum atomic E-state index is 12.3. The number of piperidine rings is 1. The molecule has 0 spiro atoms. The molecule has 0 bridgehead atoms. The van der Waals surface area contributed by atoms with E-state index < -0.39 is 6.36 Å². The normalized spacial score (nSPS) is 15.7. The van der Waals surface area contributed by atoms with Crippen molar-refractivity contribution < 1.29 is 27.4 Å². The highest BCUT2D eigenvalue weighted by molar-refractivity contribution is 5.93. The quantitative estimate of drug-likeness (QED) is 0.863. The van der Waals surface area contributed by atoms with Gasteiger partial charge in [-0.15, -0.1) is 13.2 Å². The number of nitrogen functional groups attached to an aromatic ring is 1. The number of carbonyl (C=O) groups is 1. The molecule has 1 aromatic carbocycles. The highest BCUT2D eigenvalue weighted by Crippen LogP contribution is 2.27. The second kappa shape index (κ2) is 7.14. The zero-order valence-electron chi connectivity index (χ0n) is 13.6. The molecule has 0 aliphatic carbocycles. The van der Waals surface area contributed by atoms with Crippen molar-refractivity contribution in [3.05, 3.63) is 36.0 Å². The SMILES string of the molecule is Nc1cc(C(=O)N2CCC(Oc3cccc(OC(F)(F)F)c3)CC2)[nH]n1. The van der Waals surface area contributed by atoms with Gasteiger partial charge in [0.2, 0.25) is 0 Å². The molecule has 1 saturated heterocycles. The molecular weight excluding hydrogens is 353 g/mol. The highest BCUT2D eigenvalue weighted by atomic mass is 19.4. The first-order valence-corrected chi connectivity index (χ1v) is 7.93. The van der Waals surface area contributed by atoms with Crippen LogP contribution in [0.3, 0.4) is 0 Å². The van der Waals surface area contributed by atoms with Crippen LogP contribution >= 0.6 is 0 Å². The van der Waals surface area contributed by atoms with Crippen molar-refractivity contribution in [2.24, 2.45) is 0 Å². The number of amides is 1. The second-order valence-electron chi connectivity index (χ2n) is 5.84. The van der Waals surface area contributed by atoms with Crippen molar-refractivity contribution in [1.82, 2.24) is 15.1 Å². The van der Waals surface area contributed by atoms with E-state index in [0.29, 0.717) is 31.6 Å². The Bertz CT molecular complexity index is 770. The number of likely N-dealkylation sites (tertiary alicyclic amines) is 1. The molecule has 2 heterocycles. The van der Waals surface area contributed by atoms with Gasteiger partial charge >= 0.3 is 6.36 Å². The van der Waals surface area contributed by atoms with E-state index >= 15 is 0 Å². The molecule has 1 aliphatic heterocycles. The fourth-order valence-corrected chi connectivity index (χ4v) is 2.73. The Labute approximate surface area is 146 Å². The minimum absolute atomic E-state index is 0.201. The number of rotatable bonds is 4. The molecule has 0 unspecified atom stereocenters. The Morgan fingerprint density at radius 2 is 1.92 bits per heavy atom. The van der Waals surface area contributed by atoms with Gasteiger partial charge < -0.3 is 20.1 Å². The minimum Gasteiger partial charge on any atom is -0.490 e. The lowest BCUT2D eigenvalue weighted by Crippen LogP contribution is -2.41. The van der Waals surface area contributed by atoms with E-state index in [1.54, 1.807) is 11.0 Å². The van der Waals surface area contributed by atoms with Crippen molar-refractivity contribution in [1.29, 1.82) is 0 Å². The molecule has 0 atom stereocenters. The first-order valence-electron chi connectivity index (χ1n) is 7.93. The summed E-state index contributed by atoms with van der Waals surface area (Å²) in [4.78, 5) is 13.9. The molecule has 140 valence electrons. The molecule has 1 aromatic heterocycles. The van der Waals surface area contributed by atoms with Crippen LogP contribution in [0.5, 0.6) is 11.5 Å². The molecule has 10 heteroatoms. The van der Waals surface area contributed by atoms with Crippen molar-refractivity contribution >= 4 is 11.7 Å². The molecule has 3 N–H and O–H groups in total. The van der Waals surface area contributed by atoms with Gasteiger partial charge in [-0.1, -0.05) is 6.07 Å². The monoisotopic (exact) mass is 370 g/mol. The molecular formula is C16H17F3N4O3. The lowest BCUT2D eigenvalue weighted by Gasteiger charge is -2.32. The van der Waals surface area contributed by atoms with Gasteiger partial charge in [0.25, 0.3) is 5.91 Å². The fourth-order valence-electron chi connectivity index (χ4n) is 2.73. The number of hydrogen-bond acceptors (Lipinski definition) is 5. The van der Waals surface area contributed by atoms with Crippen molar-refractivity contribution in [3.63, 3.8) is 0 Å². The highest BCUT2D eigenvalue weighted by Gasteiger charge is 2.31. The number of carbonyl (C=O) groups excluding carboxylic acids is 1. The van der Waals surface area contributed by atoms with Gasteiger partial charge in [-0.05, 0) is 12.1 Å². The van der Waals surface area contributed by atoms with E-state index in [9.17, 15) is 18.0 Å². The maximum Gasteiger partial charge on any atom is 0.573 e. The number of nitrogens with two attached hydrogens (primary N) is 1. The molecule has 0 radical (unpaired) electrons. The number of nitrogens with zero attached hydrogens (tertiary/aromatic N) is 2. The lowest BCUT2D eigenvalue weighted by molar-refractivity contribution is -0.274. The van der Waals surface area contributed by atoms with Crippen LogP contribution in [0, 0.1) is 0 Å². The van der Waals surface area contributed by atoms with Gasteiger partial charge in [0.15, 0.2) is 0 Å². The van der Waals surface area contributed by atoms with Gasteiger partial charge in [0.05, 0.1) is 0 Å². The molecule has 1 aliphatic rings. The fraction of sp³-hybridized carbons (Fsp3) is 0.375. The number of aromatic amines is 1. The van der Waals surface area contributed by atoms with Crippen molar-refractivity contribution in [3.8, 4) is 11.5 Å². The van der Waals surface area contributed by atoms with Gasteiger partial charge in [-0.2, -0.15) is 5.10 Å². The third kappa shape index (κ3) is 4.58. The summed E-state index contributed by atoms with van der Waals surface area (Å²) < 4.78 is 46.4. The summed E-state index contributed by atoms with van der Waals surface area (Å²) in [7, 11) is 0. The molecule has 26 heavy (non-hydrogen) atoms. The van der Waals surface area contributed by atoms with Crippen LogP contribution in [-0.2, 0) is 0 Å². The number of aromatic nitrogens is 2. The number of hydrogen-bond donors (Lipinski definition) is 2. The summed E-state index contributed by atoms with van der Waals surface area (Å²) in [5, 5.41) is 6.30. The Morgan fingerprint density at radius 1 is 1.23 bits per heavy atom. The molecule has 1 amide bonds. The zero-order chi connectivity index (χ0) is 18.7. The maximum absolute atomic E-state index is 12.3. The average Bonchev–Trinajstić information content (AvgIpc) is 3.00. The van der Waals surface area contributed by atoms with Crippen LogP contribution in [0.2, 0.25) is 0 Å². The summed E-state index contributed by atoms with van der Waals surface area (Å²) in [6.45, 7) is 0.919. The smallest absolute Gasteiger partial charge is 0.490 e. The number of anilines is 1. The number of nitrogens with one attached hydrogen (secondary N) is 1. The molecule has 1 fully saturated rings. The number of benzene rings is 1. The van der Waals surface area contributed by atoms with Crippen molar-refractivity contribution in [2.45, 2.75) is 25.3 Å². The Morgan fingerprint density at radius 3 is 2.54 bits per heavy atom. The predicted octanol–water partition coefficient (Wildman–Crippen LogP) is 2.57. The lowest BCUT2D eigenvalue weighted by atomic mass is 10.1. The Hall–Kier alpha value is -2.91. The van der Waals surface area contributed by atoms with E-state index in [4.69, 9.17) is 10.5 Å². The van der Waals surface area contributed by atoms with Gasteiger partial charge in [-0.3, -0.25) is 9.89 Å². The predicted molar refractivity (Wildman–Crippen MR) is 85.7 cm³/mol. The summed E-state index contributed by atoms with van der Waals surface area (Å²) in [5.74, 6) is -0.00179. The largest absolute Gasteiger partial charge is 0.573 e. The standard InChI is InChI=1S/C16H17F3N4O3/c17-16(18,19)26-12-3-1-2-11(8-12)25-10-4-6-23(7-5-10)15(24)13-9-14(20)22-21-13/h1-3,8-10H,4-7H2,(H3,20,21,22). The summed E-state index contributed by atoms with van der Waals surface area (Å²) in [5.41, 5.74) is 5.81. The van der Waals surface area contributed by atoms with Crippen LogP contribution in [0.25, 0.3) is 0 Å². The molecule has 2 aromatic rings. The van der Waals surface area contributed by atoms with Crippen LogP contribution in [0.4, 0.5) is 19.0 Å². The number of alkyl halides is 3. The second-order valence-corrected chi connectivity index (χ2v) is 5.84. The zero-order valence-corrected chi connectivity index (χ0v) is 13.6. The van der Waals surface area contributed by atoms with E-state index in [1.807, 2.05) is 0 Å². The van der Waals surface area contributed by atoms with Crippen molar-refractivity contribution in [2.75, 3.05) is 18.8 Å². The number of H-pyrrole nitrogens is 1. The van der Waals surface area contributed by atoms with E-state index in [-0.39, 0.29) is 29.3 Å². The number of halogens is 3. The van der Waals surface area contributed by atoms with Gasteiger partial charge in [0.1, 0.15) is 29.1 Å². The van der Waals surface area contributed by atoms with Crippen LogP contribution < -0.4 is 15.2 Å². The van der Waals surface area contributed by atoms with Gasteiger partial charge in [0, 0.05) is 38.1 Å². The molecule has 7 nitrogen and oxygen atoms in total. The van der Waals surface area contributed by atoms with Crippen LogP contribution in [-0.4, -0.2) is 46.6 Å². The first-order chi connectivity index (χ1) is 12.3. The summed E-state index contributed by atoms with van der Waals surface area (Å²) in [6, 6.07) is 6.86.